The van der Waals surface area contributed by atoms with Gasteiger partial charge in [-0.05, 0) is 31.2 Å². The molecule has 0 spiro atoms. The Kier molecular flexibility index (Phi) is 4.47. The number of aromatic nitrogens is 2. The van der Waals surface area contributed by atoms with E-state index < -0.39 is 11.7 Å². The molecule has 0 fully saturated rings. The van der Waals surface area contributed by atoms with Crippen LogP contribution in [0.4, 0.5) is 21.6 Å². The van der Waals surface area contributed by atoms with Crippen molar-refractivity contribution in [3.63, 3.8) is 0 Å². The van der Waals surface area contributed by atoms with Crippen molar-refractivity contribution in [3.8, 4) is 0 Å². The summed E-state index contributed by atoms with van der Waals surface area (Å²) in [5, 5.41) is 5.59. The van der Waals surface area contributed by atoms with Gasteiger partial charge in [0.05, 0.1) is 5.69 Å². The number of anilines is 3. The number of aryl methyl sites for hydroxylation is 1. The zero-order chi connectivity index (χ0) is 16.9. The lowest BCUT2D eigenvalue weighted by molar-refractivity contribution is 0.102. The van der Waals surface area contributed by atoms with Crippen LogP contribution in [-0.2, 0) is 0 Å². The van der Waals surface area contributed by atoms with Crippen LogP contribution >= 0.6 is 0 Å². The molecule has 0 aliphatic rings. The van der Waals surface area contributed by atoms with Crippen LogP contribution < -0.4 is 10.6 Å². The van der Waals surface area contributed by atoms with Crippen molar-refractivity contribution in [2.75, 3.05) is 10.6 Å². The van der Waals surface area contributed by atoms with E-state index in [1.165, 1.54) is 24.5 Å². The average molecular weight is 322 g/mol. The molecular weight excluding hydrogens is 307 g/mol. The molecule has 0 saturated carbocycles. The Morgan fingerprint density at radius 3 is 2.54 bits per heavy atom. The third-order valence-corrected chi connectivity index (χ3v) is 3.35. The molecule has 2 N–H and O–H groups in total. The molecule has 24 heavy (non-hydrogen) atoms. The van der Waals surface area contributed by atoms with Gasteiger partial charge in [-0.15, -0.1) is 0 Å². The Bertz CT molecular complexity index is 865. The third kappa shape index (κ3) is 3.73. The lowest BCUT2D eigenvalue weighted by Crippen LogP contribution is -2.15. The monoisotopic (exact) mass is 322 g/mol. The minimum Gasteiger partial charge on any atom is -0.340 e. The average Bonchev–Trinajstić information content (AvgIpc) is 2.59. The predicted molar refractivity (Wildman–Crippen MR) is 90.8 cm³/mol. The first-order valence-corrected chi connectivity index (χ1v) is 7.33. The maximum absolute atomic E-state index is 13.6. The van der Waals surface area contributed by atoms with Crippen molar-refractivity contribution in [2.45, 2.75) is 6.92 Å². The lowest BCUT2D eigenvalue weighted by atomic mass is 10.2. The van der Waals surface area contributed by atoms with Crippen LogP contribution in [0.5, 0.6) is 0 Å². The summed E-state index contributed by atoms with van der Waals surface area (Å²) < 4.78 is 13.6. The van der Waals surface area contributed by atoms with E-state index in [1.54, 1.807) is 12.1 Å². The molecule has 0 radical (unpaired) electrons. The normalized spacial score (nSPS) is 10.2. The Morgan fingerprint density at radius 2 is 1.79 bits per heavy atom. The second-order valence-electron chi connectivity index (χ2n) is 5.21. The van der Waals surface area contributed by atoms with Crippen molar-refractivity contribution in [2.24, 2.45) is 0 Å². The molecular formula is C18H15FN4O. The van der Waals surface area contributed by atoms with Gasteiger partial charge in [0.2, 0.25) is 0 Å². The number of halogens is 1. The third-order valence-electron chi connectivity index (χ3n) is 3.35. The first-order valence-electron chi connectivity index (χ1n) is 7.33. The van der Waals surface area contributed by atoms with Crippen molar-refractivity contribution >= 4 is 23.1 Å². The van der Waals surface area contributed by atoms with Crippen molar-refractivity contribution in [1.29, 1.82) is 0 Å². The van der Waals surface area contributed by atoms with Gasteiger partial charge in [-0.1, -0.05) is 29.8 Å². The number of para-hydroxylation sites is 1. The zero-order valence-corrected chi connectivity index (χ0v) is 13.0. The van der Waals surface area contributed by atoms with Gasteiger partial charge in [0.1, 0.15) is 23.7 Å². The van der Waals surface area contributed by atoms with E-state index in [0.29, 0.717) is 5.82 Å². The Labute approximate surface area is 138 Å². The fraction of sp³-hybridized carbons (Fsp3) is 0.0556. The van der Waals surface area contributed by atoms with Crippen molar-refractivity contribution in [1.82, 2.24) is 9.97 Å². The standard InChI is InChI=1S/C18H15FN4O/c1-12-6-8-13(9-7-12)22-17-10-16(20-11-21-17)18(24)23-15-5-3-2-4-14(15)19/h2-11H,1H3,(H,23,24)(H,20,21,22). The molecule has 1 heterocycles. The van der Waals surface area contributed by atoms with E-state index in [2.05, 4.69) is 20.6 Å². The molecule has 3 rings (SSSR count). The molecule has 2 aromatic carbocycles. The predicted octanol–water partition coefficient (Wildman–Crippen LogP) is 3.92. The number of hydrogen-bond acceptors (Lipinski definition) is 4. The number of carbonyl (C=O) groups is 1. The summed E-state index contributed by atoms with van der Waals surface area (Å²) in [4.78, 5) is 20.2. The van der Waals surface area contributed by atoms with E-state index in [1.807, 2.05) is 31.2 Å². The molecule has 5 nitrogen and oxygen atoms in total. The summed E-state index contributed by atoms with van der Waals surface area (Å²) in [6, 6.07) is 15.2. The smallest absolute Gasteiger partial charge is 0.274 e. The Balaban J connectivity index is 1.76. The number of carbonyl (C=O) groups excluding carboxylic acids is 1. The van der Waals surface area contributed by atoms with Gasteiger partial charge in [-0.25, -0.2) is 14.4 Å². The fourth-order valence-electron chi connectivity index (χ4n) is 2.08. The van der Waals surface area contributed by atoms with Crippen LogP contribution in [0.2, 0.25) is 0 Å². The second kappa shape index (κ2) is 6.87. The highest BCUT2D eigenvalue weighted by Crippen LogP contribution is 2.17. The van der Waals surface area contributed by atoms with Crippen LogP contribution in [0, 0.1) is 12.7 Å². The van der Waals surface area contributed by atoms with Gasteiger partial charge in [-0.2, -0.15) is 0 Å². The van der Waals surface area contributed by atoms with Crippen LogP contribution in [0.15, 0.2) is 60.9 Å². The Morgan fingerprint density at radius 1 is 1.04 bits per heavy atom. The largest absolute Gasteiger partial charge is 0.340 e. The number of nitrogens with one attached hydrogen (secondary N) is 2. The minimum absolute atomic E-state index is 0.106. The molecule has 0 unspecified atom stereocenters. The highest BCUT2D eigenvalue weighted by molar-refractivity contribution is 6.03. The molecule has 1 amide bonds. The summed E-state index contributed by atoms with van der Waals surface area (Å²) >= 11 is 0. The highest BCUT2D eigenvalue weighted by atomic mass is 19.1. The first-order chi connectivity index (χ1) is 11.6. The SMILES string of the molecule is Cc1ccc(Nc2cc(C(=O)Nc3ccccc3F)ncn2)cc1. The van der Waals surface area contributed by atoms with Gasteiger partial charge < -0.3 is 10.6 Å². The van der Waals surface area contributed by atoms with Gasteiger partial charge in [0.25, 0.3) is 5.91 Å². The maximum atomic E-state index is 13.6. The lowest BCUT2D eigenvalue weighted by Gasteiger charge is -2.08. The zero-order valence-electron chi connectivity index (χ0n) is 13.0. The molecule has 0 aliphatic heterocycles. The molecule has 0 atom stereocenters. The maximum Gasteiger partial charge on any atom is 0.274 e. The van der Waals surface area contributed by atoms with Crippen LogP contribution in [0.25, 0.3) is 0 Å². The summed E-state index contributed by atoms with van der Waals surface area (Å²) in [5.41, 5.74) is 2.24. The number of amides is 1. The van der Waals surface area contributed by atoms with Crippen molar-refractivity contribution < 1.29 is 9.18 Å². The summed E-state index contributed by atoms with van der Waals surface area (Å²) in [5.74, 6) is -0.528. The molecule has 3 aromatic rings. The van der Waals surface area contributed by atoms with E-state index in [-0.39, 0.29) is 11.4 Å². The molecule has 0 saturated heterocycles. The summed E-state index contributed by atoms with van der Waals surface area (Å²) in [6.45, 7) is 2.00. The molecule has 6 heteroatoms. The summed E-state index contributed by atoms with van der Waals surface area (Å²) in [7, 11) is 0. The van der Waals surface area contributed by atoms with Gasteiger partial charge in [0, 0.05) is 11.8 Å². The molecule has 0 bridgehead atoms. The van der Waals surface area contributed by atoms with E-state index in [4.69, 9.17) is 0 Å². The fourth-order valence-corrected chi connectivity index (χ4v) is 2.08. The summed E-state index contributed by atoms with van der Waals surface area (Å²) in [6.07, 6.45) is 1.28. The molecule has 120 valence electrons. The quantitative estimate of drug-likeness (QED) is 0.764. The number of rotatable bonds is 4. The van der Waals surface area contributed by atoms with Gasteiger partial charge in [0.15, 0.2) is 0 Å². The van der Waals surface area contributed by atoms with Gasteiger partial charge in [-0.3, -0.25) is 4.79 Å². The van der Waals surface area contributed by atoms with E-state index in [0.717, 1.165) is 11.3 Å². The number of hydrogen-bond donors (Lipinski definition) is 2. The van der Waals surface area contributed by atoms with Crippen LogP contribution in [-0.4, -0.2) is 15.9 Å². The van der Waals surface area contributed by atoms with Crippen LogP contribution in [0.1, 0.15) is 16.1 Å². The van der Waals surface area contributed by atoms with Crippen molar-refractivity contribution in [3.05, 3.63) is 78.0 Å². The highest BCUT2D eigenvalue weighted by Gasteiger charge is 2.11. The topological polar surface area (TPSA) is 66.9 Å². The molecule has 0 aliphatic carbocycles. The second-order valence-corrected chi connectivity index (χ2v) is 5.21. The van der Waals surface area contributed by atoms with E-state index in [9.17, 15) is 9.18 Å². The van der Waals surface area contributed by atoms with Gasteiger partial charge >= 0.3 is 0 Å². The number of nitrogens with zero attached hydrogens (tertiary/aromatic N) is 2. The Hall–Kier alpha value is -3.28. The molecule has 1 aromatic heterocycles. The van der Waals surface area contributed by atoms with Crippen LogP contribution in [0.3, 0.4) is 0 Å². The van der Waals surface area contributed by atoms with E-state index >= 15 is 0 Å². The minimum atomic E-state index is -0.505. The number of benzene rings is 2. The first kappa shape index (κ1) is 15.6.